The van der Waals surface area contributed by atoms with Gasteiger partial charge in [0.2, 0.25) is 0 Å². The fraction of sp³-hybridized carbons (Fsp3) is 0.350. The first kappa shape index (κ1) is 17.1. The molecule has 2 atom stereocenters. The number of carbonyl (C=O) groups is 1. The van der Waals surface area contributed by atoms with Crippen LogP contribution in [0.1, 0.15) is 24.8 Å². The number of fused-ring (bicyclic) bond motifs is 1. The Morgan fingerprint density at radius 3 is 2.27 bits per heavy atom. The maximum Gasteiger partial charge on any atom is 0.334 e. The number of sulfonamides is 1. The molecule has 0 N–H and O–H groups in total. The second-order valence-corrected chi connectivity index (χ2v) is 8.84. The maximum atomic E-state index is 13.2. The lowest BCUT2D eigenvalue weighted by Gasteiger charge is -2.42. The lowest BCUT2D eigenvalue weighted by Crippen LogP contribution is -2.58. The number of benzene rings is 2. The van der Waals surface area contributed by atoms with Crippen LogP contribution in [-0.2, 0) is 16.6 Å². The molecule has 2 aromatic carbocycles. The quantitative estimate of drug-likeness (QED) is 0.828. The van der Waals surface area contributed by atoms with Crippen LogP contribution in [0.4, 0.5) is 4.79 Å². The predicted molar refractivity (Wildman–Crippen MR) is 98.8 cm³/mol. The van der Waals surface area contributed by atoms with Crippen molar-refractivity contribution in [1.29, 1.82) is 0 Å². The maximum absolute atomic E-state index is 13.2. The summed E-state index contributed by atoms with van der Waals surface area (Å²) in [6, 6.07) is 17.4. The van der Waals surface area contributed by atoms with Gasteiger partial charge in [-0.2, -0.15) is 0 Å². The molecule has 1 heterocycles. The van der Waals surface area contributed by atoms with Gasteiger partial charge < -0.3 is 4.90 Å². The molecule has 0 unspecified atom stereocenters. The molecule has 0 spiro atoms. The van der Waals surface area contributed by atoms with Gasteiger partial charge in [0, 0.05) is 13.1 Å². The van der Waals surface area contributed by atoms with Crippen LogP contribution in [0.15, 0.2) is 65.6 Å². The molecule has 0 radical (unpaired) electrons. The van der Waals surface area contributed by atoms with Crippen molar-refractivity contribution in [3.63, 3.8) is 0 Å². The number of hydrogen-bond acceptors (Lipinski definition) is 3. The molecule has 136 valence electrons. The molecule has 1 aliphatic heterocycles. The fourth-order valence-corrected chi connectivity index (χ4v) is 5.79. The standard InChI is InChI=1S/C20H22N2O3S/c23-20-21(14-16-8-3-1-4-9-16)15-17-10-7-13-19(17)22(20)26(24,25)18-11-5-2-6-12-18/h1-6,8-9,11-12,17,19H,7,10,13-15H2/t17-,19-/m0/s1. The van der Waals surface area contributed by atoms with Crippen LogP contribution in [0.2, 0.25) is 0 Å². The first-order valence-corrected chi connectivity index (χ1v) is 10.4. The van der Waals surface area contributed by atoms with Gasteiger partial charge in [0.05, 0.1) is 10.9 Å². The van der Waals surface area contributed by atoms with Crippen molar-refractivity contribution >= 4 is 16.1 Å². The molecule has 1 aliphatic carbocycles. The van der Waals surface area contributed by atoms with Gasteiger partial charge in [-0.25, -0.2) is 17.5 Å². The van der Waals surface area contributed by atoms with E-state index in [0.717, 1.165) is 29.1 Å². The summed E-state index contributed by atoms with van der Waals surface area (Å²) < 4.78 is 27.6. The van der Waals surface area contributed by atoms with E-state index >= 15 is 0 Å². The number of hydrogen-bond donors (Lipinski definition) is 0. The Bertz CT molecular complexity index is 884. The molecule has 5 nitrogen and oxygen atoms in total. The summed E-state index contributed by atoms with van der Waals surface area (Å²) in [5, 5.41) is 0. The Kier molecular flexibility index (Phi) is 4.44. The Morgan fingerprint density at radius 1 is 0.923 bits per heavy atom. The Labute approximate surface area is 154 Å². The largest absolute Gasteiger partial charge is 0.334 e. The summed E-state index contributed by atoms with van der Waals surface area (Å²) in [6.45, 7) is 1.06. The molecule has 4 rings (SSSR count). The number of amides is 2. The van der Waals surface area contributed by atoms with Crippen molar-refractivity contribution in [3.05, 3.63) is 66.2 Å². The minimum atomic E-state index is -3.85. The van der Waals surface area contributed by atoms with E-state index in [4.69, 9.17) is 0 Å². The highest BCUT2D eigenvalue weighted by Crippen LogP contribution is 2.38. The van der Waals surface area contributed by atoms with E-state index in [0.29, 0.717) is 13.1 Å². The van der Waals surface area contributed by atoms with E-state index in [2.05, 4.69) is 0 Å². The van der Waals surface area contributed by atoms with E-state index < -0.39 is 16.1 Å². The number of nitrogens with zero attached hydrogens (tertiary/aromatic N) is 2. The Hall–Kier alpha value is -2.34. The molecule has 1 saturated heterocycles. The summed E-state index contributed by atoms with van der Waals surface area (Å²) in [6.07, 6.45) is 2.67. The van der Waals surface area contributed by atoms with Crippen LogP contribution in [0.5, 0.6) is 0 Å². The van der Waals surface area contributed by atoms with Crippen molar-refractivity contribution in [2.75, 3.05) is 6.54 Å². The van der Waals surface area contributed by atoms with Gasteiger partial charge >= 0.3 is 6.03 Å². The third-order valence-electron chi connectivity index (χ3n) is 5.35. The van der Waals surface area contributed by atoms with Crippen molar-refractivity contribution in [2.45, 2.75) is 36.7 Å². The molecule has 2 aliphatic rings. The average Bonchev–Trinajstić information content (AvgIpc) is 3.11. The summed E-state index contributed by atoms with van der Waals surface area (Å²) in [5.74, 6) is 0.204. The molecule has 1 saturated carbocycles. The Balaban J connectivity index is 1.69. The predicted octanol–water partition coefficient (Wildman–Crippen LogP) is 3.48. The molecule has 2 fully saturated rings. The minimum Gasteiger partial charge on any atom is -0.319 e. The third-order valence-corrected chi connectivity index (χ3v) is 7.16. The van der Waals surface area contributed by atoms with Gasteiger partial charge in [-0.3, -0.25) is 0 Å². The van der Waals surface area contributed by atoms with Gasteiger partial charge in [-0.15, -0.1) is 0 Å². The number of urea groups is 1. The zero-order valence-corrected chi connectivity index (χ0v) is 15.3. The van der Waals surface area contributed by atoms with Crippen LogP contribution in [0.25, 0.3) is 0 Å². The first-order valence-electron chi connectivity index (χ1n) is 9.00. The van der Waals surface area contributed by atoms with Crippen molar-refractivity contribution in [1.82, 2.24) is 9.21 Å². The van der Waals surface area contributed by atoms with Crippen molar-refractivity contribution in [2.24, 2.45) is 5.92 Å². The van der Waals surface area contributed by atoms with Gasteiger partial charge in [-0.1, -0.05) is 55.0 Å². The topological polar surface area (TPSA) is 57.7 Å². The average molecular weight is 370 g/mol. The van der Waals surface area contributed by atoms with E-state index in [-0.39, 0.29) is 16.9 Å². The summed E-state index contributed by atoms with van der Waals surface area (Å²) in [4.78, 5) is 15.0. The van der Waals surface area contributed by atoms with Crippen LogP contribution in [0.3, 0.4) is 0 Å². The highest BCUT2D eigenvalue weighted by molar-refractivity contribution is 7.89. The molecule has 0 bridgehead atoms. The SMILES string of the molecule is O=C1N(Cc2ccccc2)C[C@@H]2CCC[C@@H]2N1S(=O)(=O)c1ccccc1. The second-order valence-electron chi connectivity index (χ2n) is 7.02. The lowest BCUT2D eigenvalue weighted by molar-refractivity contribution is 0.111. The Morgan fingerprint density at radius 2 is 1.58 bits per heavy atom. The molecular weight excluding hydrogens is 348 g/mol. The fourth-order valence-electron chi connectivity index (χ4n) is 4.10. The highest BCUT2D eigenvalue weighted by atomic mass is 32.2. The van der Waals surface area contributed by atoms with E-state index in [1.54, 1.807) is 35.2 Å². The van der Waals surface area contributed by atoms with E-state index in [1.807, 2.05) is 30.3 Å². The van der Waals surface area contributed by atoms with Crippen LogP contribution >= 0.6 is 0 Å². The molecule has 26 heavy (non-hydrogen) atoms. The van der Waals surface area contributed by atoms with E-state index in [9.17, 15) is 13.2 Å². The summed E-state index contributed by atoms with van der Waals surface area (Å²) in [5.41, 5.74) is 1.01. The number of rotatable bonds is 4. The zero-order valence-electron chi connectivity index (χ0n) is 14.5. The zero-order chi connectivity index (χ0) is 18.1. The third kappa shape index (κ3) is 2.98. The van der Waals surface area contributed by atoms with Crippen LogP contribution < -0.4 is 0 Å². The van der Waals surface area contributed by atoms with Crippen LogP contribution in [-0.4, -0.2) is 36.2 Å². The summed E-state index contributed by atoms with van der Waals surface area (Å²) >= 11 is 0. The van der Waals surface area contributed by atoms with Gasteiger partial charge in [0.25, 0.3) is 10.0 Å². The second kappa shape index (κ2) is 6.76. The molecule has 0 aromatic heterocycles. The monoisotopic (exact) mass is 370 g/mol. The molecular formula is C20H22N2O3S. The lowest BCUT2D eigenvalue weighted by atomic mass is 10.0. The first-order chi connectivity index (χ1) is 12.6. The van der Waals surface area contributed by atoms with Gasteiger partial charge in [-0.05, 0) is 36.5 Å². The summed E-state index contributed by atoms with van der Waals surface area (Å²) in [7, 11) is -3.85. The molecule has 2 amide bonds. The van der Waals surface area contributed by atoms with Crippen molar-refractivity contribution in [3.8, 4) is 0 Å². The normalized spacial score (nSPS) is 23.2. The number of carbonyl (C=O) groups excluding carboxylic acids is 1. The smallest absolute Gasteiger partial charge is 0.319 e. The minimum absolute atomic E-state index is 0.181. The molecule has 2 aromatic rings. The van der Waals surface area contributed by atoms with Gasteiger partial charge in [0.15, 0.2) is 0 Å². The van der Waals surface area contributed by atoms with Crippen molar-refractivity contribution < 1.29 is 13.2 Å². The highest BCUT2D eigenvalue weighted by Gasteiger charge is 2.48. The van der Waals surface area contributed by atoms with Gasteiger partial charge in [0.1, 0.15) is 0 Å². The van der Waals surface area contributed by atoms with E-state index in [1.165, 1.54) is 0 Å². The van der Waals surface area contributed by atoms with Crippen LogP contribution in [0, 0.1) is 5.92 Å². The molecule has 6 heteroatoms.